The summed E-state index contributed by atoms with van der Waals surface area (Å²) in [6, 6.07) is -0.423. The molecule has 1 unspecified atom stereocenters. The third-order valence-electron chi connectivity index (χ3n) is 3.00. The molecule has 1 atom stereocenters. The Morgan fingerprint density at radius 3 is 2.67 bits per heavy atom. The number of carbonyl (C=O) groups is 1. The van der Waals surface area contributed by atoms with Crippen LogP contribution in [0.25, 0.3) is 0 Å². The smallest absolute Gasteiger partial charge is 0.240 e. The zero-order valence-corrected chi connectivity index (χ0v) is 12.1. The number of hydrogen-bond donors (Lipinski definition) is 2. The van der Waals surface area contributed by atoms with Crippen LogP contribution in [0.2, 0.25) is 0 Å². The van der Waals surface area contributed by atoms with E-state index in [-0.39, 0.29) is 5.91 Å². The largest absolute Gasteiger partial charge is 0.368 e. The average Bonchev–Trinajstić information content (AvgIpc) is 2.75. The Morgan fingerprint density at radius 1 is 1.56 bits per heavy atom. The van der Waals surface area contributed by atoms with Crippen LogP contribution in [0.1, 0.15) is 30.5 Å². The third kappa shape index (κ3) is 4.04. The standard InChI is InChI=1S/C12H22N4OS/c1-4-16(5-2)7-6-14-10(12(13)17)11-9(3)15-8-18-11/h8,10,14H,4-7H2,1-3H3,(H2,13,17). The molecule has 18 heavy (non-hydrogen) atoms. The van der Waals surface area contributed by atoms with Crippen LogP contribution < -0.4 is 11.1 Å². The lowest BCUT2D eigenvalue weighted by Gasteiger charge is -2.20. The maximum atomic E-state index is 11.5. The average molecular weight is 270 g/mol. The van der Waals surface area contributed by atoms with Gasteiger partial charge < -0.3 is 16.0 Å². The van der Waals surface area contributed by atoms with E-state index in [1.165, 1.54) is 11.3 Å². The molecule has 0 fully saturated rings. The molecule has 102 valence electrons. The molecule has 0 bridgehead atoms. The van der Waals surface area contributed by atoms with E-state index in [1.54, 1.807) is 5.51 Å². The number of amides is 1. The van der Waals surface area contributed by atoms with E-state index in [4.69, 9.17) is 5.73 Å². The van der Waals surface area contributed by atoms with Crippen LogP contribution in [0.3, 0.4) is 0 Å². The summed E-state index contributed by atoms with van der Waals surface area (Å²) in [7, 11) is 0. The summed E-state index contributed by atoms with van der Waals surface area (Å²) in [5, 5.41) is 3.22. The van der Waals surface area contributed by atoms with Crippen molar-refractivity contribution in [3.8, 4) is 0 Å². The zero-order valence-electron chi connectivity index (χ0n) is 11.3. The number of nitrogens with one attached hydrogen (secondary N) is 1. The van der Waals surface area contributed by atoms with Crippen LogP contribution in [0.15, 0.2) is 5.51 Å². The molecule has 0 aliphatic rings. The molecule has 0 radical (unpaired) electrons. The Balaban J connectivity index is 2.55. The summed E-state index contributed by atoms with van der Waals surface area (Å²) in [4.78, 5) is 18.9. The SMILES string of the molecule is CCN(CC)CCNC(C(N)=O)c1scnc1C. The second kappa shape index (κ2) is 7.45. The number of nitrogens with zero attached hydrogens (tertiary/aromatic N) is 2. The maximum absolute atomic E-state index is 11.5. The van der Waals surface area contributed by atoms with Crippen molar-refractivity contribution in [3.05, 3.63) is 16.1 Å². The highest BCUT2D eigenvalue weighted by molar-refractivity contribution is 7.10. The number of aryl methyl sites for hydroxylation is 1. The highest BCUT2D eigenvalue weighted by atomic mass is 32.1. The summed E-state index contributed by atoms with van der Waals surface area (Å²) in [5.41, 5.74) is 8.06. The fourth-order valence-electron chi connectivity index (χ4n) is 1.82. The summed E-state index contributed by atoms with van der Waals surface area (Å²) >= 11 is 1.47. The van der Waals surface area contributed by atoms with Crippen molar-refractivity contribution >= 4 is 17.2 Å². The normalized spacial score (nSPS) is 12.9. The van der Waals surface area contributed by atoms with Gasteiger partial charge in [0.15, 0.2) is 0 Å². The van der Waals surface area contributed by atoms with Crippen LogP contribution in [0.4, 0.5) is 0 Å². The van der Waals surface area contributed by atoms with Gasteiger partial charge in [0.25, 0.3) is 0 Å². The first-order chi connectivity index (χ1) is 8.60. The Bertz CT molecular complexity index is 376. The van der Waals surface area contributed by atoms with Crippen molar-refractivity contribution in [2.45, 2.75) is 26.8 Å². The Kier molecular flexibility index (Phi) is 6.24. The summed E-state index contributed by atoms with van der Waals surface area (Å²) in [6.45, 7) is 9.83. The molecule has 0 saturated heterocycles. The van der Waals surface area contributed by atoms with Crippen molar-refractivity contribution in [3.63, 3.8) is 0 Å². The second-order valence-corrected chi connectivity index (χ2v) is 5.00. The minimum atomic E-state index is -0.423. The number of aromatic nitrogens is 1. The number of rotatable bonds is 8. The predicted molar refractivity (Wildman–Crippen MR) is 74.6 cm³/mol. The number of likely N-dealkylation sites (N-methyl/N-ethyl adjacent to an activating group) is 1. The quantitative estimate of drug-likeness (QED) is 0.736. The summed E-state index contributed by atoms with van der Waals surface area (Å²) in [5.74, 6) is -0.345. The molecular formula is C12H22N4OS. The first-order valence-electron chi connectivity index (χ1n) is 6.25. The van der Waals surface area contributed by atoms with E-state index >= 15 is 0 Å². The molecule has 0 aliphatic heterocycles. The van der Waals surface area contributed by atoms with E-state index in [0.717, 1.165) is 36.8 Å². The van der Waals surface area contributed by atoms with Crippen LogP contribution in [0, 0.1) is 6.92 Å². The van der Waals surface area contributed by atoms with Crippen LogP contribution in [-0.2, 0) is 4.79 Å². The number of carbonyl (C=O) groups excluding carboxylic acids is 1. The van der Waals surface area contributed by atoms with Gasteiger partial charge in [-0.1, -0.05) is 13.8 Å². The topological polar surface area (TPSA) is 71.2 Å². The van der Waals surface area contributed by atoms with Gasteiger partial charge in [0.1, 0.15) is 6.04 Å². The first kappa shape index (κ1) is 15.1. The lowest BCUT2D eigenvalue weighted by atomic mass is 10.2. The number of primary amides is 1. The van der Waals surface area contributed by atoms with E-state index in [0.29, 0.717) is 0 Å². The molecule has 6 heteroatoms. The van der Waals surface area contributed by atoms with Crippen LogP contribution in [-0.4, -0.2) is 42.0 Å². The minimum absolute atomic E-state index is 0.345. The molecule has 0 spiro atoms. The minimum Gasteiger partial charge on any atom is -0.368 e. The molecule has 1 rings (SSSR count). The number of hydrogen-bond acceptors (Lipinski definition) is 5. The van der Waals surface area contributed by atoms with Gasteiger partial charge in [-0.25, -0.2) is 4.98 Å². The van der Waals surface area contributed by atoms with Gasteiger partial charge in [0, 0.05) is 13.1 Å². The van der Waals surface area contributed by atoms with E-state index in [1.807, 2.05) is 6.92 Å². The Labute approximate surface area is 112 Å². The van der Waals surface area contributed by atoms with Gasteiger partial charge in [-0.15, -0.1) is 11.3 Å². The molecule has 0 aliphatic carbocycles. The molecular weight excluding hydrogens is 248 g/mol. The maximum Gasteiger partial charge on any atom is 0.240 e. The summed E-state index contributed by atoms with van der Waals surface area (Å²) < 4.78 is 0. The summed E-state index contributed by atoms with van der Waals surface area (Å²) in [6.07, 6.45) is 0. The highest BCUT2D eigenvalue weighted by Crippen LogP contribution is 2.21. The van der Waals surface area contributed by atoms with Gasteiger partial charge in [-0.05, 0) is 20.0 Å². The molecule has 3 N–H and O–H groups in total. The zero-order chi connectivity index (χ0) is 13.5. The highest BCUT2D eigenvalue weighted by Gasteiger charge is 2.21. The van der Waals surface area contributed by atoms with Crippen molar-refractivity contribution in [1.29, 1.82) is 0 Å². The molecule has 1 amide bonds. The van der Waals surface area contributed by atoms with Crippen molar-refractivity contribution in [2.75, 3.05) is 26.2 Å². The van der Waals surface area contributed by atoms with E-state index in [9.17, 15) is 4.79 Å². The van der Waals surface area contributed by atoms with Crippen molar-refractivity contribution in [1.82, 2.24) is 15.2 Å². The predicted octanol–water partition coefficient (Wildman–Crippen LogP) is 0.909. The molecule has 1 aromatic heterocycles. The molecule has 5 nitrogen and oxygen atoms in total. The number of thiazole rings is 1. The van der Waals surface area contributed by atoms with Crippen molar-refractivity contribution in [2.24, 2.45) is 5.73 Å². The van der Waals surface area contributed by atoms with Gasteiger partial charge in [0.05, 0.1) is 16.1 Å². The van der Waals surface area contributed by atoms with Gasteiger partial charge >= 0.3 is 0 Å². The van der Waals surface area contributed by atoms with Crippen LogP contribution in [0.5, 0.6) is 0 Å². The van der Waals surface area contributed by atoms with Gasteiger partial charge in [-0.3, -0.25) is 4.79 Å². The van der Waals surface area contributed by atoms with Crippen molar-refractivity contribution < 1.29 is 4.79 Å². The van der Waals surface area contributed by atoms with Crippen LogP contribution >= 0.6 is 11.3 Å². The fraction of sp³-hybridized carbons (Fsp3) is 0.667. The Morgan fingerprint density at radius 2 is 2.22 bits per heavy atom. The second-order valence-electron chi connectivity index (χ2n) is 4.12. The fourth-order valence-corrected chi connectivity index (χ4v) is 2.70. The molecule has 0 saturated carbocycles. The molecule has 1 aromatic rings. The molecule has 1 heterocycles. The monoisotopic (exact) mass is 270 g/mol. The first-order valence-corrected chi connectivity index (χ1v) is 7.13. The van der Waals surface area contributed by atoms with E-state index in [2.05, 4.69) is 29.0 Å². The molecule has 0 aromatic carbocycles. The Hall–Kier alpha value is -0.980. The van der Waals surface area contributed by atoms with Gasteiger partial charge in [-0.2, -0.15) is 0 Å². The number of nitrogens with two attached hydrogens (primary N) is 1. The van der Waals surface area contributed by atoms with Gasteiger partial charge in [0.2, 0.25) is 5.91 Å². The third-order valence-corrected chi connectivity index (χ3v) is 4.00. The van der Waals surface area contributed by atoms with E-state index < -0.39 is 6.04 Å². The lowest BCUT2D eigenvalue weighted by Crippen LogP contribution is -2.38. The lowest BCUT2D eigenvalue weighted by molar-refractivity contribution is -0.120.